The molecule has 188 valence electrons. The minimum Gasteiger partial charge on any atom is -0.347 e. The summed E-state index contributed by atoms with van der Waals surface area (Å²) in [6, 6.07) is 9.17. The number of nitrogens with one attached hydrogen (secondary N) is 1. The highest BCUT2D eigenvalue weighted by molar-refractivity contribution is 7.94. The number of aromatic nitrogens is 2. The molecule has 0 saturated heterocycles. The molecule has 3 saturated carbocycles. The largest absolute Gasteiger partial charge is 0.347 e. The number of hydrogen-bond acceptors (Lipinski definition) is 6. The molecule has 0 bridgehead atoms. The summed E-state index contributed by atoms with van der Waals surface area (Å²) in [5.41, 5.74) is 2.82. The van der Waals surface area contributed by atoms with Gasteiger partial charge in [-0.1, -0.05) is 12.1 Å². The topological polar surface area (TPSA) is 125 Å². The van der Waals surface area contributed by atoms with Gasteiger partial charge in [-0.2, -0.15) is 10.4 Å². The molecule has 1 aromatic heterocycles. The Morgan fingerprint density at radius 3 is 2.47 bits per heavy atom. The van der Waals surface area contributed by atoms with Gasteiger partial charge in [0, 0.05) is 25.2 Å². The van der Waals surface area contributed by atoms with Crippen LogP contribution in [0.15, 0.2) is 24.3 Å². The predicted molar refractivity (Wildman–Crippen MR) is 131 cm³/mol. The second kappa shape index (κ2) is 8.44. The fourth-order valence-electron chi connectivity index (χ4n) is 5.37. The molecular weight excluding hydrogens is 478 g/mol. The van der Waals surface area contributed by atoms with E-state index in [1.165, 1.54) is 0 Å². The lowest BCUT2D eigenvalue weighted by molar-refractivity contribution is 0.0714. The van der Waals surface area contributed by atoms with E-state index in [4.69, 9.17) is 5.26 Å². The predicted octanol–water partition coefficient (Wildman–Crippen LogP) is 2.52. The Hall–Kier alpha value is -3.19. The molecule has 36 heavy (non-hydrogen) atoms. The Morgan fingerprint density at radius 1 is 1.17 bits per heavy atom. The SMILES string of the molecule is N#Cc1ccc(CNC(=O)c2nn(C3CCC3)c3c2CCN(CC2(S(=O)(=O)C4CC4)CC2)C3=O)cc1. The van der Waals surface area contributed by atoms with Gasteiger partial charge in [0.2, 0.25) is 0 Å². The molecule has 0 radical (unpaired) electrons. The summed E-state index contributed by atoms with van der Waals surface area (Å²) in [6.45, 7) is 0.914. The highest BCUT2D eigenvalue weighted by Gasteiger charge is 2.60. The smallest absolute Gasteiger partial charge is 0.272 e. The monoisotopic (exact) mass is 507 g/mol. The third-order valence-corrected chi connectivity index (χ3v) is 11.2. The van der Waals surface area contributed by atoms with Crippen LogP contribution in [0.2, 0.25) is 0 Å². The molecule has 4 aliphatic rings. The number of fused-ring (bicyclic) bond motifs is 1. The number of carbonyl (C=O) groups is 2. The molecule has 0 spiro atoms. The molecule has 1 N–H and O–H groups in total. The van der Waals surface area contributed by atoms with Gasteiger partial charge < -0.3 is 10.2 Å². The fourth-order valence-corrected chi connectivity index (χ4v) is 7.84. The van der Waals surface area contributed by atoms with Crippen molar-refractivity contribution in [2.45, 2.75) is 74.0 Å². The van der Waals surface area contributed by atoms with E-state index in [1.807, 2.05) is 0 Å². The molecule has 9 nitrogen and oxygen atoms in total. The third kappa shape index (κ3) is 3.81. The highest BCUT2D eigenvalue weighted by atomic mass is 32.2. The van der Waals surface area contributed by atoms with Crippen LogP contribution in [0.25, 0.3) is 0 Å². The minimum atomic E-state index is -3.22. The molecule has 2 aromatic rings. The van der Waals surface area contributed by atoms with Crippen LogP contribution in [0.3, 0.4) is 0 Å². The van der Waals surface area contributed by atoms with Crippen LogP contribution in [0.1, 0.15) is 88.7 Å². The Labute approximate surface area is 210 Å². The first-order valence-corrected chi connectivity index (χ1v) is 14.3. The van der Waals surface area contributed by atoms with E-state index in [0.717, 1.165) is 37.7 Å². The van der Waals surface area contributed by atoms with Crippen molar-refractivity contribution in [3.05, 3.63) is 52.3 Å². The van der Waals surface area contributed by atoms with Gasteiger partial charge in [0.15, 0.2) is 15.5 Å². The molecule has 6 rings (SSSR count). The highest BCUT2D eigenvalue weighted by Crippen LogP contribution is 2.51. The van der Waals surface area contributed by atoms with Crippen molar-refractivity contribution < 1.29 is 18.0 Å². The van der Waals surface area contributed by atoms with Gasteiger partial charge in [-0.05, 0) is 69.1 Å². The number of rotatable bonds is 8. The molecule has 3 fully saturated rings. The average molecular weight is 508 g/mol. The average Bonchev–Trinajstić information content (AvgIpc) is 3.76. The van der Waals surface area contributed by atoms with E-state index in [9.17, 15) is 18.0 Å². The lowest BCUT2D eigenvalue weighted by Crippen LogP contribution is -2.47. The van der Waals surface area contributed by atoms with Crippen molar-refractivity contribution in [1.82, 2.24) is 20.0 Å². The maximum Gasteiger partial charge on any atom is 0.272 e. The van der Waals surface area contributed by atoms with E-state index in [2.05, 4.69) is 16.5 Å². The molecule has 1 aliphatic heterocycles. The van der Waals surface area contributed by atoms with Gasteiger partial charge in [-0.15, -0.1) is 0 Å². The maximum atomic E-state index is 13.7. The van der Waals surface area contributed by atoms with E-state index in [-0.39, 0.29) is 41.9 Å². The summed E-state index contributed by atoms with van der Waals surface area (Å²) in [5.74, 6) is -0.538. The Kier molecular flexibility index (Phi) is 5.45. The van der Waals surface area contributed by atoms with E-state index >= 15 is 0 Å². The minimum absolute atomic E-state index is 0.0906. The van der Waals surface area contributed by atoms with Crippen LogP contribution in [0.5, 0.6) is 0 Å². The zero-order valence-electron chi connectivity index (χ0n) is 20.1. The van der Waals surface area contributed by atoms with Gasteiger partial charge >= 0.3 is 0 Å². The Bertz CT molecular complexity index is 1380. The lowest BCUT2D eigenvalue weighted by atomic mass is 9.92. The first kappa shape index (κ1) is 23.2. The molecule has 10 heteroatoms. The van der Waals surface area contributed by atoms with Crippen LogP contribution in [0.4, 0.5) is 0 Å². The molecule has 2 amide bonds. The Morgan fingerprint density at radius 2 is 1.89 bits per heavy atom. The van der Waals surface area contributed by atoms with Crippen molar-refractivity contribution in [1.29, 1.82) is 5.26 Å². The van der Waals surface area contributed by atoms with E-state index < -0.39 is 14.6 Å². The van der Waals surface area contributed by atoms with E-state index in [0.29, 0.717) is 42.6 Å². The van der Waals surface area contributed by atoms with Crippen molar-refractivity contribution in [3.63, 3.8) is 0 Å². The number of benzene rings is 1. The second-order valence-electron chi connectivity index (χ2n) is 10.6. The number of nitriles is 1. The summed E-state index contributed by atoms with van der Waals surface area (Å²) in [7, 11) is -3.22. The van der Waals surface area contributed by atoms with Crippen LogP contribution in [0, 0.1) is 11.3 Å². The molecule has 1 aromatic carbocycles. The summed E-state index contributed by atoms with van der Waals surface area (Å²) in [5, 5.41) is 16.3. The molecule has 0 unspecified atom stereocenters. The van der Waals surface area contributed by atoms with E-state index in [1.54, 1.807) is 33.8 Å². The van der Waals surface area contributed by atoms with Gasteiger partial charge in [0.25, 0.3) is 11.8 Å². The number of sulfone groups is 1. The fraction of sp³-hybridized carbons (Fsp3) is 0.538. The zero-order chi connectivity index (χ0) is 25.1. The third-order valence-electron chi connectivity index (χ3n) is 8.16. The first-order valence-electron chi connectivity index (χ1n) is 12.7. The summed E-state index contributed by atoms with van der Waals surface area (Å²) in [4.78, 5) is 28.5. The molecule has 3 aliphatic carbocycles. The standard InChI is InChI=1S/C26H29N5O4S/c27-14-17-4-6-18(7-5-17)15-28-24(32)22-21-10-13-30(16-26(11-12-26)36(34,35)20-8-9-20)25(33)23(21)31(29-22)19-2-1-3-19/h4-7,19-20H,1-3,8-13,15-16H2,(H,28,32). The molecule has 0 atom stereocenters. The van der Waals surface area contributed by atoms with Crippen molar-refractivity contribution >= 4 is 21.7 Å². The summed E-state index contributed by atoms with van der Waals surface area (Å²) in [6.07, 6.45) is 6.06. The van der Waals surface area contributed by atoms with Crippen LogP contribution >= 0.6 is 0 Å². The van der Waals surface area contributed by atoms with Crippen LogP contribution in [-0.4, -0.2) is 58.0 Å². The van der Waals surface area contributed by atoms with Crippen molar-refractivity contribution in [2.24, 2.45) is 0 Å². The van der Waals surface area contributed by atoms with Crippen molar-refractivity contribution in [2.75, 3.05) is 13.1 Å². The second-order valence-corrected chi connectivity index (χ2v) is 13.2. The summed E-state index contributed by atoms with van der Waals surface area (Å²) >= 11 is 0. The number of carbonyl (C=O) groups excluding carboxylic acids is 2. The van der Waals surface area contributed by atoms with Crippen molar-refractivity contribution in [3.8, 4) is 6.07 Å². The summed E-state index contributed by atoms with van der Waals surface area (Å²) < 4.78 is 27.0. The quantitative estimate of drug-likeness (QED) is 0.585. The molecule has 2 heterocycles. The molecular formula is C26H29N5O4S. The number of hydrogen-bond donors (Lipinski definition) is 1. The van der Waals surface area contributed by atoms with Gasteiger partial charge in [0.1, 0.15) is 5.69 Å². The maximum absolute atomic E-state index is 13.7. The van der Waals surface area contributed by atoms with Gasteiger partial charge in [-0.3, -0.25) is 14.3 Å². The van der Waals surface area contributed by atoms with Gasteiger partial charge in [-0.25, -0.2) is 8.42 Å². The Balaban J connectivity index is 1.24. The van der Waals surface area contributed by atoms with Gasteiger partial charge in [0.05, 0.1) is 27.7 Å². The van der Waals surface area contributed by atoms with Crippen LogP contribution in [-0.2, 0) is 22.8 Å². The first-order chi connectivity index (χ1) is 17.3. The zero-order valence-corrected chi connectivity index (χ0v) is 20.9. The lowest BCUT2D eigenvalue weighted by Gasteiger charge is -2.33. The normalized spacial score (nSPS) is 20.9. The van der Waals surface area contributed by atoms with Crippen LogP contribution < -0.4 is 5.32 Å². The number of amides is 2. The number of nitrogens with zero attached hydrogens (tertiary/aromatic N) is 4.